The van der Waals surface area contributed by atoms with Gasteiger partial charge < -0.3 is 14.6 Å². The lowest BCUT2D eigenvalue weighted by atomic mass is 9.76. The highest BCUT2D eigenvalue weighted by Crippen LogP contribution is 2.43. The van der Waals surface area contributed by atoms with Crippen LogP contribution in [0.4, 0.5) is 0 Å². The van der Waals surface area contributed by atoms with Gasteiger partial charge in [0.2, 0.25) is 0 Å². The summed E-state index contributed by atoms with van der Waals surface area (Å²) in [7, 11) is 1.35. The Morgan fingerprint density at radius 2 is 2.19 bits per heavy atom. The Hall–Kier alpha value is -2.04. The van der Waals surface area contributed by atoms with Crippen LogP contribution in [0.15, 0.2) is 18.2 Å². The first-order chi connectivity index (χ1) is 9.90. The number of hydrogen-bond donors (Lipinski definition) is 1. The molecule has 0 amide bonds. The zero-order valence-electron chi connectivity index (χ0n) is 12.5. The summed E-state index contributed by atoms with van der Waals surface area (Å²) in [6.07, 6.45) is 0.671. The van der Waals surface area contributed by atoms with Crippen molar-refractivity contribution >= 4 is 11.9 Å². The summed E-state index contributed by atoms with van der Waals surface area (Å²) in [6, 6.07) is 5.48. The average molecular weight is 292 g/mol. The lowest BCUT2D eigenvalue weighted by Gasteiger charge is -2.34. The van der Waals surface area contributed by atoms with Crippen LogP contribution in [-0.4, -0.2) is 30.8 Å². The second-order valence-corrected chi connectivity index (χ2v) is 5.64. The molecule has 0 saturated heterocycles. The highest BCUT2D eigenvalue weighted by molar-refractivity contribution is 5.83. The monoisotopic (exact) mass is 292 g/mol. The summed E-state index contributed by atoms with van der Waals surface area (Å²) < 4.78 is 10.4. The number of para-hydroxylation sites is 1. The van der Waals surface area contributed by atoms with Crippen LogP contribution in [-0.2, 0) is 19.7 Å². The second-order valence-electron chi connectivity index (χ2n) is 5.64. The van der Waals surface area contributed by atoms with Gasteiger partial charge in [-0.05, 0) is 18.4 Å². The van der Waals surface area contributed by atoms with Crippen molar-refractivity contribution in [3.63, 3.8) is 0 Å². The van der Waals surface area contributed by atoms with Crippen LogP contribution in [0.3, 0.4) is 0 Å². The summed E-state index contributed by atoms with van der Waals surface area (Å²) in [5.41, 5.74) is 0.578. The smallest absolute Gasteiger partial charge is 0.314 e. The van der Waals surface area contributed by atoms with Gasteiger partial charge in [-0.3, -0.25) is 9.59 Å². The predicted octanol–water partition coefficient (Wildman–Crippen LogP) is 2.48. The van der Waals surface area contributed by atoms with Crippen LogP contribution in [0.5, 0.6) is 5.75 Å². The molecule has 0 bridgehead atoms. The topological polar surface area (TPSA) is 72.8 Å². The van der Waals surface area contributed by atoms with E-state index in [1.165, 1.54) is 7.11 Å². The number of aliphatic carboxylic acids is 1. The fourth-order valence-corrected chi connectivity index (χ4v) is 2.70. The van der Waals surface area contributed by atoms with Gasteiger partial charge >= 0.3 is 11.9 Å². The second kappa shape index (κ2) is 5.76. The maximum absolute atomic E-state index is 11.6. The van der Waals surface area contributed by atoms with Crippen molar-refractivity contribution in [3.8, 4) is 5.75 Å². The molecule has 1 aromatic rings. The van der Waals surface area contributed by atoms with Gasteiger partial charge in [0.15, 0.2) is 0 Å². The number of carbonyl (C=O) groups is 2. The summed E-state index contributed by atoms with van der Waals surface area (Å²) >= 11 is 0. The molecule has 5 nitrogen and oxygen atoms in total. The van der Waals surface area contributed by atoms with Crippen LogP contribution in [0.1, 0.15) is 43.7 Å². The SMILES string of the molecule is COC(=O)CC(C)c1cccc2c1OCC[C@]2(C)C(=O)O. The molecule has 1 aliphatic heterocycles. The molecule has 1 unspecified atom stereocenters. The van der Waals surface area contributed by atoms with Crippen LogP contribution < -0.4 is 4.74 Å². The Labute approximate surface area is 123 Å². The number of esters is 1. The van der Waals surface area contributed by atoms with E-state index in [0.29, 0.717) is 24.3 Å². The van der Waals surface area contributed by atoms with E-state index < -0.39 is 11.4 Å². The normalized spacial score (nSPS) is 21.9. The summed E-state index contributed by atoms with van der Waals surface area (Å²) in [5.74, 6) is -0.643. The minimum absolute atomic E-state index is 0.0939. The number of hydrogen-bond acceptors (Lipinski definition) is 4. The molecule has 0 aromatic heterocycles. The van der Waals surface area contributed by atoms with Crippen LogP contribution in [0.25, 0.3) is 0 Å². The van der Waals surface area contributed by atoms with E-state index in [1.807, 2.05) is 19.1 Å². The van der Waals surface area contributed by atoms with E-state index in [2.05, 4.69) is 0 Å². The lowest BCUT2D eigenvalue weighted by molar-refractivity contribution is -0.144. The Balaban J connectivity index is 2.43. The molecule has 2 rings (SSSR count). The van der Waals surface area contributed by atoms with Crippen molar-refractivity contribution in [3.05, 3.63) is 29.3 Å². The molecule has 2 atom stereocenters. The molecule has 0 radical (unpaired) electrons. The van der Waals surface area contributed by atoms with Gasteiger partial charge in [-0.15, -0.1) is 0 Å². The molecule has 1 aliphatic rings. The van der Waals surface area contributed by atoms with Gasteiger partial charge in [0.1, 0.15) is 5.75 Å². The maximum Gasteiger partial charge on any atom is 0.314 e. The molecule has 114 valence electrons. The Bertz CT molecular complexity index is 566. The van der Waals surface area contributed by atoms with E-state index in [-0.39, 0.29) is 18.3 Å². The molecular weight excluding hydrogens is 272 g/mol. The van der Waals surface area contributed by atoms with Gasteiger partial charge in [0, 0.05) is 12.0 Å². The number of rotatable bonds is 4. The first-order valence-electron chi connectivity index (χ1n) is 6.96. The van der Waals surface area contributed by atoms with Crippen LogP contribution in [0, 0.1) is 0 Å². The first-order valence-corrected chi connectivity index (χ1v) is 6.96. The zero-order valence-corrected chi connectivity index (χ0v) is 12.5. The maximum atomic E-state index is 11.6. The summed E-state index contributed by atoms with van der Waals surface area (Å²) in [6.45, 7) is 3.98. The number of ether oxygens (including phenoxy) is 2. The first kappa shape index (κ1) is 15.4. The lowest BCUT2D eigenvalue weighted by Crippen LogP contribution is -2.38. The Morgan fingerprint density at radius 3 is 2.81 bits per heavy atom. The fourth-order valence-electron chi connectivity index (χ4n) is 2.70. The van der Waals surface area contributed by atoms with Gasteiger partial charge in [-0.2, -0.15) is 0 Å². The van der Waals surface area contributed by atoms with Crippen molar-refractivity contribution in [2.24, 2.45) is 0 Å². The van der Waals surface area contributed by atoms with Crippen LogP contribution >= 0.6 is 0 Å². The molecule has 5 heteroatoms. The standard InChI is InChI=1S/C16H20O5/c1-10(9-13(17)20-3)11-5-4-6-12-14(11)21-8-7-16(12,2)15(18)19/h4-6,10H,7-9H2,1-3H3,(H,18,19)/t10?,16-/m0/s1. The van der Waals surface area contributed by atoms with E-state index in [1.54, 1.807) is 13.0 Å². The molecule has 0 fully saturated rings. The third kappa shape index (κ3) is 2.73. The summed E-state index contributed by atoms with van der Waals surface area (Å²) in [5, 5.41) is 9.53. The highest BCUT2D eigenvalue weighted by Gasteiger charge is 2.41. The fraction of sp³-hybridized carbons (Fsp3) is 0.500. The van der Waals surface area contributed by atoms with Crippen molar-refractivity contribution in [2.45, 2.75) is 38.0 Å². The average Bonchev–Trinajstić information content (AvgIpc) is 2.46. The van der Waals surface area contributed by atoms with Gasteiger partial charge in [0.05, 0.1) is 25.6 Å². The minimum atomic E-state index is -0.950. The third-order valence-corrected chi connectivity index (χ3v) is 4.19. The largest absolute Gasteiger partial charge is 0.493 e. The minimum Gasteiger partial charge on any atom is -0.493 e. The highest BCUT2D eigenvalue weighted by atomic mass is 16.5. The molecule has 0 spiro atoms. The number of carboxylic acids is 1. The molecule has 1 heterocycles. The Kier molecular flexibility index (Phi) is 4.21. The predicted molar refractivity (Wildman–Crippen MR) is 76.6 cm³/mol. The number of carboxylic acid groups (broad SMARTS) is 1. The van der Waals surface area contributed by atoms with Gasteiger partial charge in [-0.1, -0.05) is 25.1 Å². The number of fused-ring (bicyclic) bond motifs is 1. The van der Waals surface area contributed by atoms with Crippen molar-refractivity contribution in [1.29, 1.82) is 0 Å². The Morgan fingerprint density at radius 1 is 1.48 bits per heavy atom. The van der Waals surface area contributed by atoms with Gasteiger partial charge in [0.25, 0.3) is 0 Å². The third-order valence-electron chi connectivity index (χ3n) is 4.19. The van der Waals surface area contributed by atoms with E-state index >= 15 is 0 Å². The van der Waals surface area contributed by atoms with Crippen molar-refractivity contribution < 1.29 is 24.2 Å². The molecule has 0 aliphatic carbocycles. The zero-order chi connectivity index (χ0) is 15.6. The van der Waals surface area contributed by atoms with E-state index in [4.69, 9.17) is 9.47 Å². The molecular formula is C16H20O5. The van der Waals surface area contributed by atoms with E-state index in [0.717, 1.165) is 5.56 Å². The van der Waals surface area contributed by atoms with Crippen molar-refractivity contribution in [1.82, 2.24) is 0 Å². The molecule has 1 aromatic carbocycles. The number of carbonyl (C=O) groups excluding carboxylic acids is 1. The van der Waals surface area contributed by atoms with Crippen LogP contribution in [0.2, 0.25) is 0 Å². The molecule has 1 N–H and O–H groups in total. The molecule has 0 saturated carbocycles. The number of methoxy groups -OCH3 is 1. The number of benzene rings is 1. The van der Waals surface area contributed by atoms with Crippen molar-refractivity contribution in [2.75, 3.05) is 13.7 Å². The molecule has 21 heavy (non-hydrogen) atoms. The quantitative estimate of drug-likeness (QED) is 0.863. The summed E-state index contributed by atoms with van der Waals surface area (Å²) in [4.78, 5) is 23.1. The van der Waals surface area contributed by atoms with Gasteiger partial charge in [-0.25, -0.2) is 0 Å². The van der Waals surface area contributed by atoms with E-state index in [9.17, 15) is 14.7 Å².